The van der Waals surface area contributed by atoms with E-state index in [0.29, 0.717) is 30.7 Å². The van der Waals surface area contributed by atoms with E-state index in [1.807, 2.05) is 24.3 Å². The fraction of sp³-hybridized carbons (Fsp3) is 0.650. The number of hydrogen-bond donors (Lipinski definition) is 0. The molecule has 0 radical (unpaired) electrons. The summed E-state index contributed by atoms with van der Waals surface area (Å²) < 4.78 is 0. The van der Waals surface area contributed by atoms with Crippen molar-refractivity contribution in [1.29, 1.82) is 0 Å². The molecule has 0 bridgehead atoms. The smallest absolute Gasteiger partial charge is 0 e. The Morgan fingerprint density at radius 2 is 1.29 bits per heavy atom. The molecule has 0 amide bonds. The van der Waals surface area contributed by atoms with E-state index in [2.05, 4.69) is 77.9 Å². The van der Waals surface area contributed by atoms with Gasteiger partial charge in [0.2, 0.25) is 0 Å². The van der Waals surface area contributed by atoms with Gasteiger partial charge >= 0.3 is 0 Å². The SMILES string of the molecule is CC(C)N([CH-]N(C(C)C)C(C)C)C(C)C.[NH-]Cc1[c-]cccc1.[Pd]. The van der Waals surface area contributed by atoms with E-state index < -0.39 is 0 Å². The second kappa shape index (κ2) is 14.0. The molecule has 0 fully saturated rings. The van der Waals surface area contributed by atoms with Crippen LogP contribution in [0.25, 0.3) is 5.73 Å². The van der Waals surface area contributed by atoms with Gasteiger partial charge in [0.1, 0.15) is 0 Å². The van der Waals surface area contributed by atoms with Crippen LogP contribution in [-0.4, -0.2) is 34.0 Å². The van der Waals surface area contributed by atoms with Crippen molar-refractivity contribution < 1.29 is 20.4 Å². The number of nitrogens with one attached hydrogen (secondary N) is 1. The van der Waals surface area contributed by atoms with Crippen LogP contribution in [0.1, 0.15) is 61.0 Å². The molecule has 0 unspecified atom stereocenters. The summed E-state index contributed by atoms with van der Waals surface area (Å²) in [5.41, 5.74) is 7.86. The molecule has 0 aliphatic heterocycles. The standard InChI is InChI=1S/C13H29N2.C7H7N.Pd/c1-10(2)14(11(3)4)9-15(12(5)6)13(7)8;8-6-7-4-2-1-3-5-7;/h9-13H,1-8H3;1-4,8H,6H2;/q-1;-2;. The first kappa shape index (κ1) is 26.0. The van der Waals surface area contributed by atoms with Gasteiger partial charge in [-0.15, -0.1) is 6.54 Å². The van der Waals surface area contributed by atoms with Crippen LogP contribution in [-0.2, 0) is 27.0 Å². The minimum absolute atomic E-state index is 0. The molecule has 0 spiro atoms. The molecule has 4 heteroatoms. The molecule has 144 valence electrons. The average molecular weight is 425 g/mol. The molecule has 0 saturated heterocycles. The van der Waals surface area contributed by atoms with E-state index in [9.17, 15) is 0 Å². The van der Waals surface area contributed by atoms with Crippen LogP contribution in [0.5, 0.6) is 0 Å². The molecule has 0 atom stereocenters. The van der Waals surface area contributed by atoms with E-state index in [4.69, 9.17) is 5.73 Å². The third kappa shape index (κ3) is 10.6. The first-order valence-corrected chi connectivity index (χ1v) is 8.70. The first-order valence-electron chi connectivity index (χ1n) is 8.70. The fourth-order valence-electron chi connectivity index (χ4n) is 2.42. The second-order valence-electron chi connectivity index (χ2n) is 6.95. The van der Waals surface area contributed by atoms with E-state index in [1.54, 1.807) is 0 Å². The van der Waals surface area contributed by atoms with E-state index in [0.717, 1.165) is 5.56 Å². The van der Waals surface area contributed by atoms with E-state index >= 15 is 0 Å². The maximum atomic E-state index is 6.91. The van der Waals surface area contributed by atoms with Crippen molar-refractivity contribution in [3.63, 3.8) is 0 Å². The van der Waals surface area contributed by atoms with Gasteiger partial charge in [0, 0.05) is 20.4 Å². The maximum Gasteiger partial charge on any atom is 0 e. The summed E-state index contributed by atoms with van der Waals surface area (Å²) in [7, 11) is 0. The quantitative estimate of drug-likeness (QED) is 0.434. The molecule has 0 aromatic heterocycles. The third-order valence-electron chi connectivity index (χ3n) is 3.62. The topological polar surface area (TPSA) is 30.3 Å². The van der Waals surface area contributed by atoms with E-state index in [1.165, 1.54) is 0 Å². The van der Waals surface area contributed by atoms with Gasteiger partial charge in [0.05, 0.1) is 0 Å². The Morgan fingerprint density at radius 1 is 0.875 bits per heavy atom. The predicted octanol–water partition coefficient (Wildman–Crippen LogP) is 5.38. The van der Waals surface area contributed by atoms with Crippen LogP contribution in [0.3, 0.4) is 0 Å². The largest absolute Gasteiger partial charge is 0.675 e. The summed E-state index contributed by atoms with van der Waals surface area (Å²) in [5, 5.41) is 0. The zero-order valence-corrected chi connectivity index (χ0v) is 18.2. The van der Waals surface area contributed by atoms with Crippen LogP contribution in [0.2, 0.25) is 0 Å². The van der Waals surface area contributed by atoms with Crippen molar-refractivity contribution in [2.24, 2.45) is 0 Å². The monoisotopic (exact) mass is 424 g/mol. The van der Waals surface area contributed by atoms with Crippen LogP contribution in [0.15, 0.2) is 24.3 Å². The normalized spacial score (nSPS) is 11.3. The molecular weight excluding hydrogens is 389 g/mol. The molecule has 0 saturated carbocycles. The maximum absolute atomic E-state index is 6.91. The minimum atomic E-state index is 0. The first-order chi connectivity index (χ1) is 10.7. The summed E-state index contributed by atoms with van der Waals surface area (Å²) in [4.78, 5) is 4.83. The van der Waals surface area contributed by atoms with Gasteiger partial charge in [-0.3, -0.25) is 0 Å². The van der Waals surface area contributed by atoms with Gasteiger partial charge in [-0.25, -0.2) is 6.67 Å². The molecule has 1 rings (SSSR count). The van der Waals surface area contributed by atoms with Crippen molar-refractivity contribution >= 4 is 0 Å². The molecule has 1 N–H and O–H groups in total. The minimum Gasteiger partial charge on any atom is -0.675 e. The van der Waals surface area contributed by atoms with Crippen molar-refractivity contribution in [2.45, 2.75) is 86.1 Å². The van der Waals surface area contributed by atoms with Crippen molar-refractivity contribution in [2.75, 3.05) is 0 Å². The fourth-order valence-corrected chi connectivity index (χ4v) is 2.42. The van der Waals surface area contributed by atoms with Gasteiger partial charge in [0.15, 0.2) is 0 Å². The van der Waals surface area contributed by atoms with Gasteiger partial charge in [0.25, 0.3) is 0 Å². The molecular formula is C20H36N3Pd-3. The second-order valence-corrected chi connectivity index (χ2v) is 6.95. The zero-order chi connectivity index (χ0) is 18.0. The van der Waals surface area contributed by atoms with Crippen LogP contribution >= 0.6 is 0 Å². The van der Waals surface area contributed by atoms with Crippen LogP contribution in [0, 0.1) is 12.7 Å². The molecule has 0 aliphatic rings. The Kier molecular flexibility index (Phi) is 15.2. The van der Waals surface area contributed by atoms with Gasteiger partial charge in [-0.2, -0.15) is 35.9 Å². The van der Waals surface area contributed by atoms with Crippen LogP contribution in [0.4, 0.5) is 0 Å². The summed E-state index contributed by atoms with van der Waals surface area (Å²) in [6, 6.07) is 12.7. The zero-order valence-electron chi connectivity index (χ0n) is 16.6. The third-order valence-corrected chi connectivity index (χ3v) is 3.62. The Balaban J connectivity index is 0. The Morgan fingerprint density at radius 3 is 1.50 bits per heavy atom. The number of rotatable bonds is 7. The number of benzene rings is 1. The van der Waals surface area contributed by atoms with Crippen LogP contribution < -0.4 is 0 Å². The van der Waals surface area contributed by atoms with Gasteiger partial charge < -0.3 is 15.5 Å². The number of nitrogens with zero attached hydrogens (tertiary/aromatic N) is 2. The Bertz CT molecular complexity index is 357. The summed E-state index contributed by atoms with van der Waals surface area (Å²) in [5.74, 6) is 0. The predicted molar refractivity (Wildman–Crippen MR) is 102 cm³/mol. The molecule has 1 aromatic carbocycles. The molecule has 0 aliphatic carbocycles. The molecule has 1 aromatic rings. The Hall–Kier alpha value is -0.238. The van der Waals surface area contributed by atoms with Crippen molar-refractivity contribution in [3.8, 4) is 0 Å². The molecule has 24 heavy (non-hydrogen) atoms. The summed E-state index contributed by atoms with van der Waals surface area (Å²) >= 11 is 0. The molecule has 0 heterocycles. The van der Waals surface area contributed by atoms with E-state index in [-0.39, 0.29) is 20.4 Å². The van der Waals surface area contributed by atoms with Crippen molar-refractivity contribution in [3.05, 3.63) is 48.3 Å². The summed E-state index contributed by atoms with van der Waals surface area (Å²) in [6.07, 6.45) is 0. The van der Waals surface area contributed by atoms with Gasteiger partial charge in [-0.05, 0) is 24.2 Å². The molecule has 3 nitrogen and oxygen atoms in total. The summed E-state index contributed by atoms with van der Waals surface area (Å²) in [6.45, 7) is 20.6. The number of hydrogen-bond acceptors (Lipinski definition) is 2. The van der Waals surface area contributed by atoms with Crippen molar-refractivity contribution in [1.82, 2.24) is 9.80 Å². The Labute approximate surface area is 164 Å². The average Bonchev–Trinajstić information content (AvgIpc) is 2.47. The van der Waals surface area contributed by atoms with Gasteiger partial charge in [-0.1, -0.05) is 55.4 Å².